The van der Waals surface area contributed by atoms with Crippen LogP contribution >= 0.6 is 15.9 Å². The van der Waals surface area contributed by atoms with Crippen molar-refractivity contribution in [1.82, 2.24) is 5.32 Å². The van der Waals surface area contributed by atoms with Gasteiger partial charge in [-0.15, -0.1) is 0 Å². The molecule has 0 fully saturated rings. The number of carbonyl (C=O) groups is 1. The van der Waals surface area contributed by atoms with Crippen LogP contribution in [0.3, 0.4) is 0 Å². The van der Waals surface area contributed by atoms with Crippen molar-refractivity contribution in [3.05, 3.63) is 34.1 Å². The molecule has 0 saturated carbocycles. The molecule has 1 aromatic carbocycles. The summed E-state index contributed by atoms with van der Waals surface area (Å²) < 4.78 is 13.3. The predicted molar refractivity (Wildman–Crippen MR) is 63.3 cm³/mol. The Bertz CT molecular complexity index is 448. The smallest absolute Gasteiger partial charge is 0.201 e. The van der Waals surface area contributed by atoms with E-state index in [-0.39, 0.29) is 16.1 Å². The van der Waals surface area contributed by atoms with Gasteiger partial charge in [0.1, 0.15) is 5.82 Å². The van der Waals surface area contributed by atoms with Crippen molar-refractivity contribution in [3.8, 4) is 0 Å². The normalized spacial score (nSPS) is 19.8. The highest BCUT2D eigenvalue weighted by Gasteiger charge is 2.20. The van der Waals surface area contributed by atoms with Crippen molar-refractivity contribution in [3.63, 3.8) is 0 Å². The molecule has 0 spiro atoms. The van der Waals surface area contributed by atoms with E-state index < -0.39 is 6.17 Å². The van der Waals surface area contributed by atoms with Crippen molar-refractivity contribution >= 4 is 27.9 Å². The predicted octanol–water partition coefficient (Wildman–Crippen LogP) is 2.16. The van der Waals surface area contributed by atoms with E-state index in [9.17, 15) is 9.18 Å². The van der Waals surface area contributed by atoms with Crippen LogP contribution in [0, 0.1) is 5.82 Å². The van der Waals surface area contributed by atoms with Crippen molar-refractivity contribution in [2.45, 2.75) is 12.6 Å². The van der Waals surface area contributed by atoms with E-state index in [1.165, 1.54) is 18.2 Å². The highest BCUT2D eigenvalue weighted by Crippen LogP contribution is 2.18. The third-order valence-corrected chi connectivity index (χ3v) is 2.93. The molecule has 2 rings (SSSR count). The molecule has 16 heavy (non-hydrogen) atoms. The van der Waals surface area contributed by atoms with E-state index in [1.54, 1.807) is 6.21 Å². The van der Waals surface area contributed by atoms with Gasteiger partial charge in [-0.05, 0) is 40.5 Å². The fourth-order valence-corrected chi connectivity index (χ4v) is 1.86. The zero-order chi connectivity index (χ0) is 11.5. The Kier molecular flexibility index (Phi) is 3.46. The number of nitrogens with one attached hydrogen (secondary N) is 1. The van der Waals surface area contributed by atoms with Gasteiger partial charge in [-0.1, -0.05) is 0 Å². The van der Waals surface area contributed by atoms with Crippen LogP contribution < -0.4 is 5.32 Å². The minimum Gasteiger partial charge on any atom is -0.290 e. The maximum absolute atomic E-state index is 13.0. The van der Waals surface area contributed by atoms with E-state index in [0.717, 1.165) is 13.0 Å². The lowest BCUT2D eigenvalue weighted by atomic mass is 10.1. The lowest BCUT2D eigenvalue weighted by Gasteiger charge is -2.16. The zero-order valence-corrected chi connectivity index (χ0v) is 10.00. The Morgan fingerprint density at radius 3 is 3.00 bits per heavy atom. The third kappa shape index (κ3) is 2.36. The second-order valence-corrected chi connectivity index (χ2v) is 4.32. The molecule has 0 radical (unpaired) electrons. The van der Waals surface area contributed by atoms with Crippen LogP contribution in [0.5, 0.6) is 0 Å². The van der Waals surface area contributed by atoms with Crippen molar-refractivity contribution in [2.75, 3.05) is 6.54 Å². The van der Waals surface area contributed by atoms with E-state index in [0.29, 0.717) is 5.56 Å². The average Bonchev–Trinajstić information content (AvgIpc) is 2.33. The maximum Gasteiger partial charge on any atom is 0.201 e. The molecular weight excluding hydrogens is 275 g/mol. The Hall–Kier alpha value is -1.07. The first-order valence-electron chi connectivity index (χ1n) is 4.93. The zero-order valence-electron chi connectivity index (χ0n) is 8.41. The molecule has 1 atom stereocenters. The number of ketones is 1. The molecule has 1 N–H and O–H groups in total. The van der Waals surface area contributed by atoms with Gasteiger partial charge in [0.2, 0.25) is 5.78 Å². The van der Waals surface area contributed by atoms with Crippen LogP contribution in [0.1, 0.15) is 16.8 Å². The number of carbonyl (C=O) groups excluding carboxylic acids is 1. The summed E-state index contributed by atoms with van der Waals surface area (Å²) in [6, 6.07) is 4.21. The molecule has 0 aliphatic carbocycles. The summed E-state index contributed by atoms with van der Waals surface area (Å²) in [7, 11) is 0. The summed E-state index contributed by atoms with van der Waals surface area (Å²) in [6.07, 6.45) is 2.03. The largest absolute Gasteiger partial charge is 0.290 e. The number of hydrogen-bond acceptors (Lipinski definition) is 3. The maximum atomic E-state index is 13.0. The van der Waals surface area contributed by atoms with E-state index >= 15 is 0 Å². The molecule has 1 unspecified atom stereocenters. The van der Waals surface area contributed by atoms with Crippen LogP contribution in [-0.2, 0) is 0 Å². The molecule has 1 aromatic rings. The van der Waals surface area contributed by atoms with Crippen molar-refractivity contribution < 1.29 is 9.18 Å². The average molecular weight is 285 g/mol. The molecule has 0 saturated heterocycles. The first-order chi connectivity index (χ1) is 7.68. The second kappa shape index (κ2) is 4.84. The van der Waals surface area contributed by atoms with Gasteiger partial charge in [-0.25, -0.2) is 4.39 Å². The molecule has 1 aliphatic heterocycles. The Morgan fingerprint density at radius 2 is 2.38 bits per heavy atom. The van der Waals surface area contributed by atoms with Gasteiger partial charge in [-0.2, -0.15) is 0 Å². The highest BCUT2D eigenvalue weighted by molar-refractivity contribution is 9.10. The van der Waals surface area contributed by atoms with Crippen LogP contribution in [-0.4, -0.2) is 24.7 Å². The molecule has 1 aliphatic rings. The Morgan fingerprint density at radius 1 is 1.56 bits per heavy atom. The quantitative estimate of drug-likeness (QED) is 0.846. The molecular formula is C11H10BrFN2O. The van der Waals surface area contributed by atoms with Gasteiger partial charge in [0.15, 0.2) is 6.17 Å². The van der Waals surface area contributed by atoms with Gasteiger partial charge in [0, 0.05) is 18.3 Å². The summed E-state index contributed by atoms with van der Waals surface area (Å²) in [6.45, 7) is 0.738. The Balaban J connectivity index is 2.23. The van der Waals surface area contributed by atoms with Crippen LogP contribution in [0.2, 0.25) is 0 Å². The highest BCUT2D eigenvalue weighted by atomic mass is 79.9. The van der Waals surface area contributed by atoms with Gasteiger partial charge < -0.3 is 0 Å². The number of benzene rings is 1. The number of aliphatic imine (C=N–C) groups is 1. The van der Waals surface area contributed by atoms with E-state index in [2.05, 4.69) is 26.2 Å². The first-order valence-corrected chi connectivity index (χ1v) is 5.72. The topological polar surface area (TPSA) is 41.5 Å². The molecule has 0 amide bonds. The molecule has 84 valence electrons. The number of hydrogen-bond donors (Lipinski definition) is 1. The molecule has 0 aromatic heterocycles. The fraction of sp³-hybridized carbons (Fsp3) is 0.273. The van der Waals surface area contributed by atoms with E-state index in [4.69, 9.17) is 0 Å². The third-order valence-electron chi connectivity index (χ3n) is 2.32. The number of halogens is 2. The minimum absolute atomic E-state index is 0.142. The Labute approximate surface area is 101 Å². The monoisotopic (exact) mass is 284 g/mol. The summed E-state index contributed by atoms with van der Waals surface area (Å²) in [5.41, 5.74) is 0.449. The summed E-state index contributed by atoms with van der Waals surface area (Å²) in [5.74, 6) is -0.520. The second-order valence-electron chi connectivity index (χ2n) is 3.47. The van der Waals surface area contributed by atoms with Crippen LogP contribution in [0.25, 0.3) is 0 Å². The summed E-state index contributed by atoms with van der Waals surface area (Å²) >= 11 is 3.05. The number of Topliss-reactive ketones (excluding diaryl/α,β-unsaturated/α-hetero) is 1. The SMILES string of the molecule is O=C(c1ccc(F)c(Br)c1)C1N=CCCN1. The first kappa shape index (κ1) is 11.4. The van der Waals surface area contributed by atoms with Gasteiger partial charge in [-0.3, -0.25) is 15.1 Å². The summed E-state index contributed by atoms with van der Waals surface area (Å²) in [4.78, 5) is 16.0. The van der Waals surface area contributed by atoms with Crippen LogP contribution in [0.15, 0.2) is 27.7 Å². The van der Waals surface area contributed by atoms with Crippen LogP contribution in [0.4, 0.5) is 4.39 Å². The number of rotatable bonds is 2. The summed E-state index contributed by atoms with van der Waals surface area (Å²) in [5, 5.41) is 2.99. The van der Waals surface area contributed by atoms with E-state index in [1.807, 2.05) is 0 Å². The fourth-order valence-electron chi connectivity index (χ4n) is 1.48. The standard InChI is InChI=1S/C11H10BrFN2O/c12-8-6-7(2-3-9(8)13)10(16)11-14-4-1-5-15-11/h2-4,6,11,15H,1,5H2. The molecule has 0 bridgehead atoms. The van der Waals surface area contributed by atoms with Crippen molar-refractivity contribution in [2.24, 2.45) is 4.99 Å². The molecule has 1 heterocycles. The molecule has 3 nitrogen and oxygen atoms in total. The lowest BCUT2D eigenvalue weighted by Crippen LogP contribution is -2.38. The van der Waals surface area contributed by atoms with Crippen molar-refractivity contribution in [1.29, 1.82) is 0 Å². The van der Waals surface area contributed by atoms with Gasteiger partial charge in [0.25, 0.3) is 0 Å². The lowest BCUT2D eigenvalue weighted by molar-refractivity contribution is 0.0945. The van der Waals surface area contributed by atoms with Gasteiger partial charge in [0.05, 0.1) is 4.47 Å². The van der Waals surface area contributed by atoms with Gasteiger partial charge >= 0.3 is 0 Å². The minimum atomic E-state index is -0.536. The molecule has 5 heteroatoms. The number of nitrogens with zero attached hydrogens (tertiary/aromatic N) is 1.